The second-order valence-electron chi connectivity index (χ2n) is 14.2. The highest BCUT2D eigenvalue weighted by Gasteiger charge is 2.49. The Kier molecular flexibility index (Phi) is 13.7. The van der Waals surface area contributed by atoms with Gasteiger partial charge in [-0.3, -0.25) is 14.7 Å². The summed E-state index contributed by atoms with van der Waals surface area (Å²) in [5.74, 6) is -0.279. The number of rotatable bonds is 18. The summed E-state index contributed by atoms with van der Waals surface area (Å²) in [6.07, 6.45) is 10.6. The average molecular weight is 745 g/mol. The Balaban J connectivity index is 1.43. The molecule has 0 amide bonds. The van der Waals surface area contributed by atoms with E-state index < -0.39 is 23.0 Å². The van der Waals surface area contributed by atoms with Gasteiger partial charge >= 0.3 is 5.97 Å². The minimum Gasteiger partial charge on any atom is -0.488 e. The third kappa shape index (κ3) is 9.83. The van der Waals surface area contributed by atoms with Gasteiger partial charge in [0.2, 0.25) is 0 Å². The Morgan fingerprint density at radius 2 is 1.96 bits per heavy atom. The van der Waals surface area contributed by atoms with Crippen LogP contribution in [0.4, 0.5) is 0 Å². The molecule has 2 unspecified atom stereocenters. The number of carbonyl (C=O) groups is 1. The van der Waals surface area contributed by atoms with Crippen molar-refractivity contribution < 1.29 is 34.3 Å². The SMILES string of the molecule is CN(Cc1cc(Cl)c(OCC2(OCCCN3CC[C@@H](O)C3)C=CC=C(c3ccccc3)C2(C)C)cc1OCc1cncc(C#N)c1)C(CCO)C(=O)O. The van der Waals surface area contributed by atoms with Gasteiger partial charge in [0, 0.05) is 74.4 Å². The zero-order valence-corrected chi connectivity index (χ0v) is 31.3. The van der Waals surface area contributed by atoms with E-state index in [0.717, 1.165) is 37.1 Å². The van der Waals surface area contributed by atoms with Crippen LogP contribution >= 0.6 is 11.6 Å². The van der Waals surface area contributed by atoms with Crippen molar-refractivity contribution in [3.63, 3.8) is 0 Å². The van der Waals surface area contributed by atoms with Gasteiger partial charge in [-0.25, -0.2) is 0 Å². The molecule has 0 bridgehead atoms. The second-order valence-corrected chi connectivity index (χ2v) is 14.6. The molecule has 1 saturated heterocycles. The first kappa shape index (κ1) is 39.9. The van der Waals surface area contributed by atoms with Gasteiger partial charge in [0.15, 0.2) is 0 Å². The molecular weight excluding hydrogens is 696 g/mol. The normalized spacial score (nSPS) is 20.2. The van der Waals surface area contributed by atoms with E-state index >= 15 is 0 Å². The second kappa shape index (κ2) is 18.2. The molecule has 0 saturated carbocycles. The van der Waals surface area contributed by atoms with E-state index in [1.165, 1.54) is 6.20 Å². The van der Waals surface area contributed by atoms with E-state index in [2.05, 4.69) is 54.1 Å². The number of benzene rings is 2. The monoisotopic (exact) mass is 744 g/mol. The molecule has 2 aromatic carbocycles. The van der Waals surface area contributed by atoms with Crippen LogP contribution in [0.2, 0.25) is 5.02 Å². The van der Waals surface area contributed by atoms with Crippen LogP contribution in [0.3, 0.4) is 0 Å². The summed E-state index contributed by atoms with van der Waals surface area (Å²) in [4.78, 5) is 20.0. The summed E-state index contributed by atoms with van der Waals surface area (Å²) in [6, 6.07) is 16.5. The molecule has 12 heteroatoms. The highest BCUT2D eigenvalue weighted by atomic mass is 35.5. The fourth-order valence-electron chi connectivity index (χ4n) is 7.03. The lowest BCUT2D eigenvalue weighted by molar-refractivity contribution is -0.143. The predicted octanol–water partition coefficient (Wildman–Crippen LogP) is 5.72. The van der Waals surface area contributed by atoms with E-state index in [9.17, 15) is 25.4 Å². The summed E-state index contributed by atoms with van der Waals surface area (Å²) in [6.45, 7) is 7.21. The van der Waals surface area contributed by atoms with Gasteiger partial charge < -0.3 is 34.4 Å². The van der Waals surface area contributed by atoms with Gasteiger partial charge in [-0.05, 0) is 55.7 Å². The first-order chi connectivity index (χ1) is 25.5. The Hall–Kier alpha value is -4.28. The van der Waals surface area contributed by atoms with Gasteiger partial charge in [0.25, 0.3) is 0 Å². The summed E-state index contributed by atoms with van der Waals surface area (Å²) in [7, 11) is 1.67. The number of halogens is 1. The number of aromatic nitrogens is 1. The van der Waals surface area contributed by atoms with Gasteiger partial charge in [0.05, 0.1) is 16.7 Å². The summed E-state index contributed by atoms with van der Waals surface area (Å²) < 4.78 is 19.8. The van der Waals surface area contributed by atoms with E-state index in [-0.39, 0.29) is 38.9 Å². The molecule has 1 aromatic heterocycles. The third-order valence-electron chi connectivity index (χ3n) is 10.2. The van der Waals surface area contributed by atoms with Gasteiger partial charge in [-0.15, -0.1) is 0 Å². The smallest absolute Gasteiger partial charge is 0.321 e. The van der Waals surface area contributed by atoms with E-state index in [4.69, 9.17) is 25.8 Å². The van der Waals surface area contributed by atoms with Crippen molar-refractivity contribution in [3.05, 3.63) is 106 Å². The van der Waals surface area contributed by atoms with Crippen molar-refractivity contribution in [2.24, 2.45) is 5.41 Å². The maximum atomic E-state index is 12.0. The molecule has 282 valence electrons. The van der Waals surface area contributed by atoms with E-state index in [1.807, 2.05) is 24.3 Å². The van der Waals surface area contributed by atoms with Crippen molar-refractivity contribution in [2.75, 3.05) is 46.5 Å². The Labute approximate surface area is 316 Å². The molecule has 2 aliphatic rings. The molecular formula is C41H49ClN4O7. The van der Waals surface area contributed by atoms with Crippen LogP contribution in [0.1, 0.15) is 55.4 Å². The predicted molar refractivity (Wildman–Crippen MR) is 203 cm³/mol. The molecule has 5 rings (SSSR count). The van der Waals surface area contributed by atoms with Crippen LogP contribution in [-0.4, -0.2) is 100 Å². The minimum absolute atomic E-state index is 0.0500. The molecule has 1 aliphatic carbocycles. The quantitative estimate of drug-likeness (QED) is 0.137. The lowest BCUT2D eigenvalue weighted by atomic mass is 9.65. The Morgan fingerprint density at radius 1 is 1.17 bits per heavy atom. The van der Waals surface area contributed by atoms with E-state index in [1.54, 1.807) is 36.3 Å². The number of likely N-dealkylation sites (tertiary alicyclic amines) is 1. The number of carboxylic acid groups (broad SMARTS) is 1. The van der Waals surface area contributed by atoms with Crippen molar-refractivity contribution in [1.29, 1.82) is 5.26 Å². The van der Waals surface area contributed by atoms with Crippen LogP contribution in [0.15, 0.2) is 79.2 Å². The van der Waals surface area contributed by atoms with Crippen LogP contribution in [0.25, 0.3) is 5.57 Å². The largest absolute Gasteiger partial charge is 0.488 e. The van der Waals surface area contributed by atoms with Gasteiger partial charge in [0.1, 0.15) is 42.4 Å². The average Bonchev–Trinajstić information content (AvgIpc) is 3.57. The van der Waals surface area contributed by atoms with Crippen LogP contribution in [0, 0.1) is 16.7 Å². The summed E-state index contributed by atoms with van der Waals surface area (Å²) >= 11 is 6.92. The fourth-order valence-corrected chi connectivity index (χ4v) is 7.27. The zero-order valence-electron chi connectivity index (χ0n) is 30.6. The lowest BCUT2D eigenvalue weighted by Gasteiger charge is -2.47. The van der Waals surface area contributed by atoms with Crippen LogP contribution in [-0.2, 0) is 22.7 Å². The van der Waals surface area contributed by atoms with Crippen molar-refractivity contribution >= 4 is 23.1 Å². The number of allylic oxidation sites excluding steroid dienone is 2. The molecule has 53 heavy (non-hydrogen) atoms. The first-order valence-corrected chi connectivity index (χ1v) is 18.3. The highest BCUT2D eigenvalue weighted by molar-refractivity contribution is 6.32. The first-order valence-electron chi connectivity index (χ1n) is 17.9. The molecule has 11 nitrogen and oxygen atoms in total. The molecule has 1 fully saturated rings. The molecule has 0 radical (unpaired) electrons. The Bertz CT molecular complexity index is 1810. The summed E-state index contributed by atoms with van der Waals surface area (Å²) in [5, 5.41) is 39.0. The number of carboxylic acids is 1. The Morgan fingerprint density at radius 3 is 2.66 bits per heavy atom. The van der Waals surface area contributed by atoms with Crippen LogP contribution in [0.5, 0.6) is 11.5 Å². The third-order valence-corrected chi connectivity index (χ3v) is 10.5. The number of likely N-dealkylation sites (N-methyl/N-ethyl adjacent to an activating group) is 1. The van der Waals surface area contributed by atoms with Crippen molar-refractivity contribution in [1.82, 2.24) is 14.8 Å². The van der Waals surface area contributed by atoms with Gasteiger partial charge in [-0.2, -0.15) is 5.26 Å². The van der Waals surface area contributed by atoms with Crippen LogP contribution < -0.4 is 9.47 Å². The molecule has 3 atom stereocenters. The van der Waals surface area contributed by atoms with Gasteiger partial charge in [-0.1, -0.05) is 67.9 Å². The molecule has 0 spiro atoms. The van der Waals surface area contributed by atoms with Crippen molar-refractivity contribution in [3.8, 4) is 17.6 Å². The lowest BCUT2D eigenvalue weighted by Crippen LogP contribution is -2.52. The topological polar surface area (TPSA) is 149 Å². The summed E-state index contributed by atoms with van der Waals surface area (Å²) in [5.41, 5.74) is 2.43. The highest BCUT2D eigenvalue weighted by Crippen LogP contribution is 2.49. The molecule has 2 heterocycles. The number of β-amino-alcohol motifs (C(OH)–C–C–N with tert-alkyl or cyclic N) is 1. The number of aliphatic carboxylic acids is 1. The maximum Gasteiger partial charge on any atom is 0.321 e. The standard InChI is InChI=1S/C41H49ClN4O7/c1-40(2)34(31-9-5-4-6-10-31)11-7-14-41(40,53-18-8-15-46-16-12-33(48)26-46)28-52-38-21-37(51-27-30-19-29(22-43)23-44-24-30)32(20-35(38)42)25-45(3)36(13-17-47)39(49)50/h4-7,9-11,14,19-21,23-24,33,36,47-48H,8,12-13,15-18,25-28H2,1-3H3,(H,49,50)/t33-,36?,41?/m1/s1. The number of aliphatic hydroxyl groups is 2. The van der Waals surface area contributed by atoms with Crippen molar-refractivity contribution in [2.45, 2.75) is 64.0 Å². The number of ether oxygens (including phenoxy) is 3. The number of nitriles is 1. The minimum atomic E-state index is -1.05. The fraction of sp³-hybridized carbons (Fsp3) is 0.439. The molecule has 3 aromatic rings. The number of nitrogens with zero attached hydrogens (tertiary/aromatic N) is 4. The maximum absolute atomic E-state index is 12.0. The zero-order chi connectivity index (χ0) is 38.0. The van der Waals surface area contributed by atoms with E-state index in [0.29, 0.717) is 46.4 Å². The number of aliphatic hydroxyl groups excluding tert-OH is 2. The molecule has 1 aliphatic heterocycles. The number of hydrogen-bond donors (Lipinski definition) is 3. The number of hydrogen-bond acceptors (Lipinski definition) is 10. The molecule has 3 N–H and O–H groups in total. The number of pyridine rings is 1.